The second-order valence-electron chi connectivity index (χ2n) is 7.78. The van der Waals surface area contributed by atoms with Gasteiger partial charge in [0.1, 0.15) is 23.8 Å². The second-order valence-corrected chi connectivity index (χ2v) is 7.78. The van der Waals surface area contributed by atoms with E-state index in [1.165, 1.54) is 12.1 Å². The monoisotopic (exact) mass is 385 g/mol. The predicted molar refractivity (Wildman–Crippen MR) is 109 cm³/mol. The van der Waals surface area contributed by atoms with E-state index in [4.69, 9.17) is 0 Å². The van der Waals surface area contributed by atoms with Crippen molar-refractivity contribution in [2.75, 3.05) is 37.0 Å². The third-order valence-electron chi connectivity index (χ3n) is 5.18. The van der Waals surface area contributed by atoms with Crippen molar-refractivity contribution in [1.82, 2.24) is 14.9 Å². The molecule has 1 aromatic heterocycles. The minimum atomic E-state index is -0.266. The molecule has 2 heterocycles. The number of benzene rings is 1. The van der Waals surface area contributed by atoms with Gasteiger partial charge in [-0.15, -0.1) is 0 Å². The zero-order chi connectivity index (χ0) is 20.3. The highest BCUT2D eigenvalue weighted by Gasteiger charge is 2.32. The summed E-state index contributed by atoms with van der Waals surface area (Å²) in [7, 11) is 3.89. The molecule has 0 spiro atoms. The van der Waals surface area contributed by atoms with E-state index in [9.17, 15) is 9.18 Å². The molecule has 1 atom stereocenters. The molecule has 28 heavy (non-hydrogen) atoms. The second kappa shape index (κ2) is 8.54. The Balaban J connectivity index is 1.85. The number of carbonyl (C=O) groups excluding carboxylic acids is 1. The summed E-state index contributed by atoms with van der Waals surface area (Å²) in [6, 6.07) is 8.37. The van der Waals surface area contributed by atoms with E-state index in [-0.39, 0.29) is 23.7 Å². The van der Waals surface area contributed by atoms with Gasteiger partial charge < -0.3 is 14.7 Å². The van der Waals surface area contributed by atoms with Crippen LogP contribution in [0.4, 0.5) is 16.0 Å². The lowest BCUT2D eigenvalue weighted by molar-refractivity contribution is -0.134. The lowest BCUT2D eigenvalue weighted by Gasteiger charge is -2.35. The number of carbonyl (C=O) groups is 1. The number of nitrogens with zero attached hydrogens (tertiary/aromatic N) is 5. The molecule has 1 aliphatic heterocycles. The molecule has 1 fully saturated rings. The summed E-state index contributed by atoms with van der Waals surface area (Å²) in [5.74, 6) is 1.80. The maximum atomic E-state index is 13.2. The first-order valence-electron chi connectivity index (χ1n) is 9.63. The fourth-order valence-electron chi connectivity index (χ4n) is 3.50. The summed E-state index contributed by atoms with van der Waals surface area (Å²) >= 11 is 0. The van der Waals surface area contributed by atoms with Crippen molar-refractivity contribution in [2.24, 2.45) is 5.92 Å². The van der Waals surface area contributed by atoms with Gasteiger partial charge >= 0.3 is 0 Å². The van der Waals surface area contributed by atoms with Crippen molar-refractivity contribution >= 4 is 17.5 Å². The van der Waals surface area contributed by atoms with Crippen LogP contribution < -0.4 is 9.80 Å². The Kier molecular flexibility index (Phi) is 6.11. The van der Waals surface area contributed by atoms with Crippen molar-refractivity contribution in [2.45, 2.75) is 32.9 Å². The molecule has 1 saturated heterocycles. The zero-order valence-electron chi connectivity index (χ0n) is 17.0. The molecule has 1 amide bonds. The summed E-state index contributed by atoms with van der Waals surface area (Å²) in [6.45, 7) is 6.07. The summed E-state index contributed by atoms with van der Waals surface area (Å²) in [4.78, 5) is 27.7. The first-order chi connectivity index (χ1) is 13.3. The number of hydrogen-bond donors (Lipinski definition) is 0. The fraction of sp³-hybridized carbons (Fsp3) is 0.476. The molecule has 0 radical (unpaired) electrons. The Hall–Kier alpha value is -2.70. The van der Waals surface area contributed by atoms with Gasteiger partial charge in [-0.3, -0.25) is 4.79 Å². The van der Waals surface area contributed by atoms with Crippen molar-refractivity contribution in [3.8, 4) is 0 Å². The van der Waals surface area contributed by atoms with Crippen molar-refractivity contribution in [1.29, 1.82) is 0 Å². The van der Waals surface area contributed by atoms with E-state index in [1.54, 1.807) is 18.5 Å². The van der Waals surface area contributed by atoms with Gasteiger partial charge in [0, 0.05) is 46.2 Å². The van der Waals surface area contributed by atoms with Crippen LogP contribution in [-0.4, -0.2) is 54.0 Å². The standard InChI is InChI=1S/C21H28FN5O/c1-15(2)18-13-26(20-11-19(25(3)4)23-14-24-20)10-9-21(28)27(18)12-16-5-7-17(22)8-6-16/h5-8,11,14-15,18H,9-10,12-13H2,1-4H3/t18-/m1/s1. The summed E-state index contributed by atoms with van der Waals surface area (Å²) in [5.41, 5.74) is 0.936. The Morgan fingerprint density at radius 3 is 2.57 bits per heavy atom. The van der Waals surface area contributed by atoms with Crippen molar-refractivity contribution in [3.05, 3.63) is 48.0 Å². The first kappa shape index (κ1) is 20.0. The molecular weight excluding hydrogens is 357 g/mol. The van der Waals surface area contributed by atoms with Gasteiger partial charge in [-0.25, -0.2) is 14.4 Å². The van der Waals surface area contributed by atoms with E-state index in [0.29, 0.717) is 26.1 Å². The molecule has 6 nitrogen and oxygen atoms in total. The van der Waals surface area contributed by atoms with Crippen LogP contribution in [0.2, 0.25) is 0 Å². The Morgan fingerprint density at radius 2 is 1.93 bits per heavy atom. The summed E-state index contributed by atoms with van der Waals surface area (Å²) in [5, 5.41) is 0. The molecule has 1 aromatic carbocycles. The maximum Gasteiger partial charge on any atom is 0.224 e. The Bertz CT molecular complexity index is 809. The van der Waals surface area contributed by atoms with Gasteiger partial charge in [0.05, 0.1) is 6.04 Å². The van der Waals surface area contributed by atoms with Crippen LogP contribution in [0.5, 0.6) is 0 Å². The molecule has 1 aliphatic rings. The number of rotatable bonds is 5. The van der Waals surface area contributed by atoms with Crippen LogP contribution >= 0.6 is 0 Å². The smallest absolute Gasteiger partial charge is 0.224 e. The van der Waals surface area contributed by atoms with Gasteiger partial charge in [-0.1, -0.05) is 26.0 Å². The molecule has 0 N–H and O–H groups in total. The highest BCUT2D eigenvalue weighted by atomic mass is 19.1. The third-order valence-corrected chi connectivity index (χ3v) is 5.18. The molecule has 2 aromatic rings. The van der Waals surface area contributed by atoms with Gasteiger partial charge in [-0.05, 0) is 23.6 Å². The maximum absolute atomic E-state index is 13.2. The van der Waals surface area contributed by atoms with Crippen LogP contribution in [0, 0.1) is 11.7 Å². The van der Waals surface area contributed by atoms with Crippen LogP contribution in [-0.2, 0) is 11.3 Å². The van der Waals surface area contributed by atoms with Crippen LogP contribution in [0.15, 0.2) is 36.7 Å². The van der Waals surface area contributed by atoms with E-state index in [0.717, 1.165) is 17.2 Å². The van der Waals surface area contributed by atoms with Crippen LogP contribution in [0.3, 0.4) is 0 Å². The average molecular weight is 385 g/mol. The highest BCUT2D eigenvalue weighted by molar-refractivity contribution is 5.78. The van der Waals surface area contributed by atoms with Gasteiger partial charge in [-0.2, -0.15) is 0 Å². The summed E-state index contributed by atoms with van der Waals surface area (Å²) < 4.78 is 13.2. The Morgan fingerprint density at radius 1 is 1.21 bits per heavy atom. The number of halogens is 1. The lowest BCUT2D eigenvalue weighted by atomic mass is 10.0. The first-order valence-corrected chi connectivity index (χ1v) is 9.63. The Labute approximate surface area is 166 Å². The van der Waals surface area contributed by atoms with Gasteiger partial charge in [0.2, 0.25) is 5.91 Å². The molecule has 150 valence electrons. The number of hydrogen-bond acceptors (Lipinski definition) is 5. The van der Waals surface area contributed by atoms with E-state index >= 15 is 0 Å². The third kappa shape index (κ3) is 4.58. The van der Waals surface area contributed by atoms with Crippen molar-refractivity contribution < 1.29 is 9.18 Å². The molecule has 0 unspecified atom stereocenters. The zero-order valence-corrected chi connectivity index (χ0v) is 17.0. The van der Waals surface area contributed by atoms with Gasteiger partial charge in [0.25, 0.3) is 0 Å². The summed E-state index contributed by atoms with van der Waals surface area (Å²) in [6.07, 6.45) is 1.99. The predicted octanol–water partition coefficient (Wildman–Crippen LogP) is 2.95. The molecule has 7 heteroatoms. The van der Waals surface area contributed by atoms with Crippen molar-refractivity contribution in [3.63, 3.8) is 0 Å². The minimum Gasteiger partial charge on any atom is -0.363 e. The lowest BCUT2D eigenvalue weighted by Crippen LogP contribution is -2.46. The molecular formula is C21H28FN5O. The number of anilines is 2. The molecule has 3 rings (SSSR count). The quantitative estimate of drug-likeness (QED) is 0.792. The fourth-order valence-corrected chi connectivity index (χ4v) is 3.50. The van der Waals surface area contributed by atoms with Crippen LogP contribution in [0.1, 0.15) is 25.8 Å². The number of amides is 1. The topological polar surface area (TPSA) is 52.6 Å². The van der Waals surface area contributed by atoms with E-state index in [1.807, 2.05) is 30.0 Å². The largest absolute Gasteiger partial charge is 0.363 e. The molecule has 0 bridgehead atoms. The van der Waals surface area contributed by atoms with E-state index < -0.39 is 0 Å². The SMILES string of the molecule is CC(C)[C@H]1CN(c2cc(N(C)C)ncn2)CCC(=O)N1Cc1ccc(F)cc1. The average Bonchev–Trinajstić information content (AvgIpc) is 2.83. The minimum absolute atomic E-state index is 0.0397. The van der Waals surface area contributed by atoms with E-state index in [2.05, 4.69) is 28.7 Å². The molecule has 0 aliphatic carbocycles. The van der Waals surface area contributed by atoms with Crippen LogP contribution in [0.25, 0.3) is 0 Å². The highest BCUT2D eigenvalue weighted by Crippen LogP contribution is 2.25. The normalized spacial score (nSPS) is 17.8. The number of aromatic nitrogens is 2. The van der Waals surface area contributed by atoms with Gasteiger partial charge in [0.15, 0.2) is 0 Å². The molecule has 0 saturated carbocycles.